The summed E-state index contributed by atoms with van der Waals surface area (Å²) in [6.07, 6.45) is 1.14. The number of rotatable bonds is 5. The summed E-state index contributed by atoms with van der Waals surface area (Å²) in [5, 5.41) is 11.6. The van der Waals surface area contributed by atoms with Crippen LogP contribution in [0.4, 0.5) is 11.4 Å². The van der Waals surface area contributed by atoms with Crippen molar-refractivity contribution in [2.24, 2.45) is 0 Å². The van der Waals surface area contributed by atoms with Crippen molar-refractivity contribution in [2.75, 3.05) is 24.3 Å². The van der Waals surface area contributed by atoms with Gasteiger partial charge in [-0.05, 0) is 48.4 Å². The van der Waals surface area contributed by atoms with Crippen LogP contribution in [0.2, 0.25) is 0 Å². The molecule has 0 aliphatic rings. The third-order valence-corrected chi connectivity index (χ3v) is 3.39. The molecular formula is C18H19N3O. The largest absolute Gasteiger partial charge is 0.378 e. The second kappa shape index (κ2) is 7.28. The van der Waals surface area contributed by atoms with E-state index in [0.29, 0.717) is 24.1 Å². The lowest BCUT2D eigenvalue weighted by Crippen LogP contribution is -2.12. The number of anilines is 2. The van der Waals surface area contributed by atoms with Gasteiger partial charge in [-0.1, -0.05) is 12.1 Å². The van der Waals surface area contributed by atoms with Crippen LogP contribution in [-0.4, -0.2) is 20.0 Å². The number of carbonyl (C=O) groups is 1. The quantitative estimate of drug-likeness (QED) is 0.921. The zero-order valence-corrected chi connectivity index (χ0v) is 12.8. The van der Waals surface area contributed by atoms with Gasteiger partial charge in [0.25, 0.3) is 0 Å². The summed E-state index contributed by atoms with van der Waals surface area (Å²) >= 11 is 0. The highest BCUT2D eigenvalue weighted by atomic mass is 16.1. The van der Waals surface area contributed by atoms with Gasteiger partial charge in [0.05, 0.1) is 11.6 Å². The average molecular weight is 293 g/mol. The Morgan fingerprint density at radius 1 is 1.09 bits per heavy atom. The van der Waals surface area contributed by atoms with E-state index in [1.54, 1.807) is 24.3 Å². The smallest absolute Gasteiger partial charge is 0.224 e. The summed E-state index contributed by atoms with van der Waals surface area (Å²) in [4.78, 5) is 14.0. The summed E-state index contributed by atoms with van der Waals surface area (Å²) in [6.45, 7) is 0. The van der Waals surface area contributed by atoms with Crippen molar-refractivity contribution in [2.45, 2.75) is 12.8 Å². The van der Waals surface area contributed by atoms with Crippen LogP contribution in [0.3, 0.4) is 0 Å². The molecule has 0 bridgehead atoms. The third kappa shape index (κ3) is 4.35. The fourth-order valence-corrected chi connectivity index (χ4v) is 2.07. The van der Waals surface area contributed by atoms with E-state index < -0.39 is 0 Å². The highest BCUT2D eigenvalue weighted by molar-refractivity contribution is 5.90. The van der Waals surface area contributed by atoms with Crippen LogP contribution in [0.15, 0.2) is 48.5 Å². The minimum Gasteiger partial charge on any atom is -0.378 e. The first kappa shape index (κ1) is 15.6. The summed E-state index contributed by atoms with van der Waals surface area (Å²) in [6, 6.07) is 17.1. The van der Waals surface area contributed by atoms with Crippen molar-refractivity contribution in [3.63, 3.8) is 0 Å². The van der Waals surface area contributed by atoms with Crippen LogP contribution in [0.1, 0.15) is 17.5 Å². The molecule has 4 heteroatoms. The fraction of sp³-hybridized carbons (Fsp3) is 0.222. The van der Waals surface area contributed by atoms with Crippen LogP contribution in [0.5, 0.6) is 0 Å². The number of carbonyl (C=O) groups excluding carboxylic acids is 1. The number of benzene rings is 2. The van der Waals surface area contributed by atoms with E-state index in [4.69, 9.17) is 5.26 Å². The summed E-state index contributed by atoms with van der Waals surface area (Å²) < 4.78 is 0. The van der Waals surface area contributed by atoms with E-state index in [9.17, 15) is 4.79 Å². The normalized spacial score (nSPS) is 9.86. The van der Waals surface area contributed by atoms with Crippen LogP contribution < -0.4 is 10.2 Å². The second-order valence-electron chi connectivity index (χ2n) is 5.30. The molecule has 0 spiro atoms. The van der Waals surface area contributed by atoms with Gasteiger partial charge in [0.2, 0.25) is 5.91 Å². The highest BCUT2D eigenvalue weighted by Crippen LogP contribution is 2.14. The summed E-state index contributed by atoms with van der Waals surface area (Å²) in [7, 11) is 4.00. The molecular weight excluding hydrogens is 274 g/mol. The number of nitriles is 1. The van der Waals surface area contributed by atoms with Crippen molar-refractivity contribution < 1.29 is 4.79 Å². The zero-order valence-electron chi connectivity index (χ0n) is 12.8. The van der Waals surface area contributed by atoms with Gasteiger partial charge < -0.3 is 10.2 Å². The molecule has 2 aromatic rings. The van der Waals surface area contributed by atoms with Crippen molar-refractivity contribution >= 4 is 17.3 Å². The molecule has 0 saturated heterocycles. The molecule has 0 fully saturated rings. The molecule has 22 heavy (non-hydrogen) atoms. The van der Waals surface area contributed by atoms with Gasteiger partial charge >= 0.3 is 0 Å². The van der Waals surface area contributed by atoms with E-state index >= 15 is 0 Å². The van der Waals surface area contributed by atoms with Gasteiger partial charge in [0.1, 0.15) is 0 Å². The molecule has 1 N–H and O–H groups in total. The van der Waals surface area contributed by atoms with Gasteiger partial charge in [-0.25, -0.2) is 0 Å². The van der Waals surface area contributed by atoms with E-state index in [-0.39, 0.29) is 5.91 Å². The maximum atomic E-state index is 11.9. The van der Waals surface area contributed by atoms with Gasteiger partial charge in [0.15, 0.2) is 0 Å². The van der Waals surface area contributed by atoms with E-state index in [1.165, 1.54) is 0 Å². The lowest BCUT2D eigenvalue weighted by Gasteiger charge is -2.12. The maximum Gasteiger partial charge on any atom is 0.224 e. The lowest BCUT2D eigenvalue weighted by atomic mass is 10.1. The third-order valence-electron chi connectivity index (χ3n) is 3.39. The molecule has 112 valence electrons. The van der Waals surface area contributed by atoms with Crippen molar-refractivity contribution in [1.29, 1.82) is 5.26 Å². The Labute approximate surface area is 131 Å². The van der Waals surface area contributed by atoms with E-state index in [1.807, 2.05) is 43.3 Å². The SMILES string of the molecule is CN(C)c1ccc(CCC(=O)Nc2ccc(C#N)cc2)cc1. The molecule has 2 aromatic carbocycles. The van der Waals surface area contributed by atoms with Crippen molar-refractivity contribution in [3.8, 4) is 6.07 Å². The molecule has 2 rings (SSSR count). The van der Waals surface area contributed by atoms with Crippen LogP contribution in [0, 0.1) is 11.3 Å². The van der Waals surface area contributed by atoms with Crippen molar-refractivity contribution in [3.05, 3.63) is 59.7 Å². The Hall–Kier alpha value is -2.80. The monoisotopic (exact) mass is 293 g/mol. The summed E-state index contributed by atoms with van der Waals surface area (Å²) in [5.74, 6) is -0.0265. The molecule has 0 atom stereocenters. The number of nitrogens with one attached hydrogen (secondary N) is 1. The average Bonchev–Trinajstić information content (AvgIpc) is 2.54. The molecule has 0 unspecified atom stereocenters. The predicted molar refractivity (Wildman–Crippen MR) is 88.9 cm³/mol. The Balaban J connectivity index is 1.85. The Morgan fingerprint density at radius 3 is 2.27 bits per heavy atom. The van der Waals surface area contributed by atoms with Gasteiger partial charge in [-0.3, -0.25) is 4.79 Å². The van der Waals surface area contributed by atoms with Crippen LogP contribution >= 0.6 is 0 Å². The first-order chi connectivity index (χ1) is 10.6. The molecule has 4 nitrogen and oxygen atoms in total. The zero-order chi connectivity index (χ0) is 15.9. The van der Waals surface area contributed by atoms with E-state index in [0.717, 1.165) is 11.3 Å². The van der Waals surface area contributed by atoms with Crippen molar-refractivity contribution in [1.82, 2.24) is 0 Å². The second-order valence-corrected chi connectivity index (χ2v) is 5.30. The number of hydrogen-bond donors (Lipinski definition) is 1. The Morgan fingerprint density at radius 2 is 1.73 bits per heavy atom. The van der Waals surface area contributed by atoms with Gasteiger partial charge in [-0.2, -0.15) is 5.26 Å². The topological polar surface area (TPSA) is 56.1 Å². The van der Waals surface area contributed by atoms with Crippen LogP contribution in [-0.2, 0) is 11.2 Å². The standard InChI is InChI=1S/C18H19N3O/c1-21(2)17-10-5-14(6-11-17)7-12-18(22)20-16-8-3-15(13-19)4-9-16/h3-6,8-11H,7,12H2,1-2H3,(H,20,22). The molecule has 0 heterocycles. The Bertz CT molecular complexity index is 667. The lowest BCUT2D eigenvalue weighted by molar-refractivity contribution is -0.116. The van der Waals surface area contributed by atoms with Gasteiger partial charge in [0, 0.05) is 31.9 Å². The Kier molecular flexibility index (Phi) is 5.16. The van der Waals surface area contributed by atoms with E-state index in [2.05, 4.69) is 11.4 Å². The maximum absolute atomic E-state index is 11.9. The molecule has 0 aliphatic carbocycles. The van der Waals surface area contributed by atoms with Crippen LogP contribution in [0.25, 0.3) is 0 Å². The minimum absolute atomic E-state index is 0.0265. The minimum atomic E-state index is -0.0265. The molecule has 0 radical (unpaired) electrons. The summed E-state index contributed by atoms with van der Waals surface area (Å²) in [5.41, 5.74) is 3.58. The molecule has 0 aromatic heterocycles. The van der Waals surface area contributed by atoms with Gasteiger partial charge in [-0.15, -0.1) is 0 Å². The molecule has 0 saturated carbocycles. The number of hydrogen-bond acceptors (Lipinski definition) is 3. The first-order valence-corrected chi connectivity index (χ1v) is 7.15. The first-order valence-electron chi connectivity index (χ1n) is 7.15. The predicted octanol–water partition coefficient (Wildman–Crippen LogP) is 3.20. The number of amides is 1. The molecule has 0 aliphatic heterocycles. The number of nitrogens with zero attached hydrogens (tertiary/aromatic N) is 2. The number of aryl methyl sites for hydroxylation is 1. The fourth-order valence-electron chi connectivity index (χ4n) is 2.07. The molecule has 1 amide bonds. The highest BCUT2D eigenvalue weighted by Gasteiger charge is 2.04.